The van der Waals surface area contributed by atoms with E-state index in [2.05, 4.69) is 53.7 Å². The lowest BCUT2D eigenvalue weighted by atomic mass is 10.0. The molecule has 20 heavy (non-hydrogen) atoms. The van der Waals surface area contributed by atoms with Crippen molar-refractivity contribution in [3.8, 4) is 0 Å². The van der Waals surface area contributed by atoms with Crippen molar-refractivity contribution < 1.29 is 4.42 Å². The molecular weight excluding hydrogens is 252 g/mol. The van der Waals surface area contributed by atoms with Crippen LogP contribution in [0.2, 0.25) is 0 Å². The standard InChI is InChI=1S/C15H22N4O/c1-11(2)16-10-14-18-19-15(20-14)17-9-12(3)13-7-5-4-6-8-13/h4-8,11-12,16H,9-10H2,1-3H3,(H,17,19). The number of aromatic nitrogens is 2. The summed E-state index contributed by atoms with van der Waals surface area (Å²) in [6.45, 7) is 7.69. The van der Waals surface area contributed by atoms with E-state index in [1.165, 1.54) is 5.56 Å². The van der Waals surface area contributed by atoms with E-state index < -0.39 is 0 Å². The van der Waals surface area contributed by atoms with Crippen LogP contribution in [-0.4, -0.2) is 22.8 Å². The topological polar surface area (TPSA) is 63.0 Å². The molecule has 0 saturated carbocycles. The quantitative estimate of drug-likeness (QED) is 0.813. The van der Waals surface area contributed by atoms with Crippen LogP contribution in [0.5, 0.6) is 0 Å². The fourth-order valence-corrected chi connectivity index (χ4v) is 1.83. The van der Waals surface area contributed by atoms with Crippen LogP contribution in [0, 0.1) is 0 Å². The molecular formula is C15H22N4O. The first-order valence-electron chi connectivity index (χ1n) is 6.99. The van der Waals surface area contributed by atoms with Crippen molar-refractivity contribution in [2.45, 2.75) is 39.3 Å². The smallest absolute Gasteiger partial charge is 0.315 e. The summed E-state index contributed by atoms with van der Waals surface area (Å²) >= 11 is 0. The summed E-state index contributed by atoms with van der Waals surface area (Å²) in [6.07, 6.45) is 0. The summed E-state index contributed by atoms with van der Waals surface area (Å²) in [4.78, 5) is 0. The lowest BCUT2D eigenvalue weighted by Gasteiger charge is -2.11. The van der Waals surface area contributed by atoms with Crippen LogP contribution in [0.15, 0.2) is 34.7 Å². The lowest BCUT2D eigenvalue weighted by molar-refractivity contribution is 0.458. The van der Waals surface area contributed by atoms with Crippen molar-refractivity contribution in [3.05, 3.63) is 41.8 Å². The molecule has 0 saturated heterocycles. The molecule has 2 rings (SSSR count). The fourth-order valence-electron chi connectivity index (χ4n) is 1.83. The van der Waals surface area contributed by atoms with Gasteiger partial charge in [-0.2, -0.15) is 0 Å². The molecule has 1 heterocycles. The average Bonchev–Trinajstić information content (AvgIpc) is 2.91. The third-order valence-corrected chi connectivity index (χ3v) is 3.06. The first-order chi connectivity index (χ1) is 9.65. The van der Waals surface area contributed by atoms with Gasteiger partial charge in [-0.05, 0) is 11.5 Å². The second-order valence-electron chi connectivity index (χ2n) is 5.23. The SMILES string of the molecule is CC(C)NCc1nnc(NCC(C)c2ccccc2)o1. The van der Waals surface area contributed by atoms with Crippen LogP contribution in [-0.2, 0) is 6.54 Å². The molecule has 0 aliphatic carbocycles. The fraction of sp³-hybridized carbons (Fsp3) is 0.467. The van der Waals surface area contributed by atoms with Crippen molar-refractivity contribution in [1.82, 2.24) is 15.5 Å². The van der Waals surface area contributed by atoms with E-state index in [1.807, 2.05) is 18.2 Å². The Hall–Kier alpha value is -1.88. The third kappa shape index (κ3) is 4.35. The van der Waals surface area contributed by atoms with E-state index in [9.17, 15) is 0 Å². The van der Waals surface area contributed by atoms with Gasteiger partial charge in [0.05, 0.1) is 6.54 Å². The van der Waals surface area contributed by atoms with Gasteiger partial charge in [-0.25, -0.2) is 0 Å². The van der Waals surface area contributed by atoms with Gasteiger partial charge in [0.2, 0.25) is 5.89 Å². The van der Waals surface area contributed by atoms with E-state index in [1.54, 1.807) is 0 Å². The second kappa shape index (κ2) is 7.05. The predicted molar refractivity (Wildman–Crippen MR) is 79.6 cm³/mol. The molecule has 0 bridgehead atoms. The molecule has 0 aliphatic heterocycles. The molecule has 0 amide bonds. The summed E-state index contributed by atoms with van der Waals surface area (Å²) in [5.41, 5.74) is 1.29. The van der Waals surface area contributed by atoms with Crippen LogP contribution >= 0.6 is 0 Å². The van der Waals surface area contributed by atoms with Gasteiger partial charge in [0, 0.05) is 12.6 Å². The van der Waals surface area contributed by atoms with Crippen LogP contribution in [0.3, 0.4) is 0 Å². The highest BCUT2D eigenvalue weighted by Crippen LogP contribution is 2.15. The summed E-state index contributed by atoms with van der Waals surface area (Å²) in [5.74, 6) is 0.994. The molecule has 5 nitrogen and oxygen atoms in total. The number of rotatable bonds is 7. The monoisotopic (exact) mass is 274 g/mol. The molecule has 2 N–H and O–H groups in total. The number of nitrogens with one attached hydrogen (secondary N) is 2. The molecule has 5 heteroatoms. The Labute approximate surface area is 119 Å². The third-order valence-electron chi connectivity index (χ3n) is 3.06. The Morgan fingerprint density at radius 1 is 1.10 bits per heavy atom. The van der Waals surface area contributed by atoms with Crippen molar-refractivity contribution in [1.29, 1.82) is 0 Å². The maximum Gasteiger partial charge on any atom is 0.315 e. The first-order valence-corrected chi connectivity index (χ1v) is 6.99. The molecule has 108 valence electrons. The van der Waals surface area contributed by atoms with Gasteiger partial charge in [-0.3, -0.25) is 0 Å². The van der Waals surface area contributed by atoms with E-state index in [-0.39, 0.29) is 0 Å². The van der Waals surface area contributed by atoms with E-state index in [0.29, 0.717) is 30.4 Å². The maximum atomic E-state index is 5.52. The molecule has 1 unspecified atom stereocenters. The number of hydrogen-bond acceptors (Lipinski definition) is 5. The second-order valence-corrected chi connectivity index (χ2v) is 5.23. The molecule has 1 atom stereocenters. The van der Waals surface area contributed by atoms with E-state index in [4.69, 9.17) is 4.42 Å². The average molecular weight is 274 g/mol. The highest BCUT2D eigenvalue weighted by Gasteiger charge is 2.09. The zero-order valence-corrected chi connectivity index (χ0v) is 12.3. The molecule has 0 spiro atoms. The lowest BCUT2D eigenvalue weighted by Crippen LogP contribution is -2.21. The van der Waals surface area contributed by atoms with E-state index >= 15 is 0 Å². The first kappa shape index (κ1) is 14.5. The van der Waals surface area contributed by atoms with Crippen LogP contribution in [0.1, 0.15) is 38.1 Å². The van der Waals surface area contributed by atoms with Crippen molar-refractivity contribution >= 4 is 6.01 Å². The van der Waals surface area contributed by atoms with Gasteiger partial charge in [0.1, 0.15) is 0 Å². The van der Waals surface area contributed by atoms with Gasteiger partial charge in [0.25, 0.3) is 0 Å². The van der Waals surface area contributed by atoms with Gasteiger partial charge in [-0.15, -0.1) is 5.10 Å². The Balaban J connectivity index is 1.82. The number of nitrogens with zero attached hydrogens (tertiary/aromatic N) is 2. The summed E-state index contributed by atoms with van der Waals surface area (Å²) < 4.78 is 5.52. The molecule has 1 aromatic heterocycles. The van der Waals surface area contributed by atoms with Crippen molar-refractivity contribution in [2.24, 2.45) is 0 Å². The number of hydrogen-bond donors (Lipinski definition) is 2. The van der Waals surface area contributed by atoms with Crippen LogP contribution < -0.4 is 10.6 Å². The minimum Gasteiger partial charge on any atom is -0.407 e. The Morgan fingerprint density at radius 3 is 2.55 bits per heavy atom. The van der Waals surface area contributed by atoms with Gasteiger partial charge in [-0.1, -0.05) is 56.2 Å². The molecule has 2 aromatic rings. The summed E-state index contributed by atoms with van der Waals surface area (Å²) in [6, 6.07) is 11.2. The van der Waals surface area contributed by atoms with Crippen LogP contribution in [0.4, 0.5) is 6.01 Å². The van der Waals surface area contributed by atoms with Crippen molar-refractivity contribution in [3.63, 3.8) is 0 Å². The highest BCUT2D eigenvalue weighted by molar-refractivity contribution is 5.23. The Kier molecular flexibility index (Phi) is 5.12. The summed E-state index contributed by atoms with van der Waals surface area (Å²) in [7, 11) is 0. The molecule has 0 radical (unpaired) electrons. The Bertz CT molecular complexity index is 510. The largest absolute Gasteiger partial charge is 0.407 e. The number of benzene rings is 1. The number of anilines is 1. The molecule has 1 aromatic carbocycles. The van der Waals surface area contributed by atoms with Crippen LogP contribution in [0.25, 0.3) is 0 Å². The van der Waals surface area contributed by atoms with Gasteiger partial charge >= 0.3 is 6.01 Å². The molecule has 0 aliphatic rings. The normalized spacial score (nSPS) is 12.6. The van der Waals surface area contributed by atoms with E-state index in [0.717, 1.165) is 6.54 Å². The predicted octanol–water partition coefficient (Wildman–Crippen LogP) is 2.78. The minimum absolute atomic E-state index is 0.389. The Morgan fingerprint density at radius 2 is 1.85 bits per heavy atom. The molecule has 0 fully saturated rings. The zero-order valence-electron chi connectivity index (χ0n) is 12.3. The maximum absolute atomic E-state index is 5.52. The van der Waals surface area contributed by atoms with Gasteiger partial charge < -0.3 is 15.1 Å². The minimum atomic E-state index is 0.389. The zero-order chi connectivity index (χ0) is 14.4. The van der Waals surface area contributed by atoms with Gasteiger partial charge in [0.15, 0.2) is 0 Å². The summed E-state index contributed by atoms with van der Waals surface area (Å²) in [5, 5.41) is 14.4. The highest BCUT2D eigenvalue weighted by atomic mass is 16.4. The van der Waals surface area contributed by atoms with Crippen molar-refractivity contribution in [2.75, 3.05) is 11.9 Å².